The van der Waals surface area contributed by atoms with Crippen molar-refractivity contribution in [3.63, 3.8) is 0 Å². The monoisotopic (exact) mass is 418 g/mol. The van der Waals surface area contributed by atoms with Gasteiger partial charge in [0, 0.05) is 0 Å². The molecule has 30 heavy (non-hydrogen) atoms. The van der Waals surface area contributed by atoms with E-state index in [1.54, 1.807) is 4.57 Å². The van der Waals surface area contributed by atoms with Crippen molar-refractivity contribution >= 4 is 23.4 Å². The van der Waals surface area contributed by atoms with Crippen molar-refractivity contribution in [1.29, 1.82) is 0 Å². The third-order valence-electron chi connectivity index (χ3n) is 5.14. The molecule has 1 aliphatic heterocycles. The fraction of sp³-hybridized carbons (Fsp3) is 0.208. The molecule has 0 amide bonds. The lowest BCUT2D eigenvalue weighted by Gasteiger charge is -2.25. The summed E-state index contributed by atoms with van der Waals surface area (Å²) in [4.78, 5) is 31.4. The van der Waals surface area contributed by atoms with E-state index in [1.807, 2.05) is 74.5 Å². The smallest absolute Gasteiger partial charge is 0.338 e. The van der Waals surface area contributed by atoms with Crippen LogP contribution in [-0.2, 0) is 9.53 Å². The number of hydrogen-bond acceptors (Lipinski definition) is 5. The highest BCUT2D eigenvalue weighted by Gasteiger charge is 2.33. The van der Waals surface area contributed by atoms with Crippen molar-refractivity contribution in [3.8, 4) is 0 Å². The number of methoxy groups -OCH3 is 1. The summed E-state index contributed by atoms with van der Waals surface area (Å²) in [6.45, 7) is 3.97. The molecule has 1 atom stereocenters. The van der Waals surface area contributed by atoms with Gasteiger partial charge in [-0.25, -0.2) is 9.79 Å². The van der Waals surface area contributed by atoms with Crippen LogP contribution in [0.1, 0.15) is 36.1 Å². The van der Waals surface area contributed by atoms with E-state index < -0.39 is 12.0 Å². The molecular formula is C24H22N2O3S. The number of aryl methyl sites for hydroxylation is 1. The molecular weight excluding hydrogens is 396 g/mol. The first kappa shape index (κ1) is 20.0. The predicted molar refractivity (Wildman–Crippen MR) is 118 cm³/mol. The van der Waals surface area contributed by atoms with Crippen LogP contribution in [-0.4, -0.2) is 17.6 Å². The molecule has 0 saturated carbocycles. The molecule has 4 rings (SSSR count). The van der Waals surface area contributed by atoms with Gasteiger partial charge in [0.2, 0.25) is 0 Å². The number of carbonyl (C=O) groups excluding carboxylic acids is 1. The van der Waals surface area contributed by atoms with E-state index in [-0.39, 0.29) is 5.56 Å². The van der Waals surface area contributed by atoms with E-state index in [2.05, 4.69) is 4.99 Å². The second-order valence-corrected chi connectivity index (χ2v) is 8.12. The van der Waals surface area contributed by atoms with E-state index >= 15 is 0 Å². The normalized spacial score (nSPS) is 16.2. The van der Waals surface area contributed by atoms with Crippen molar-refractivity contribution in [2.45, 2.75) is 26.3 Å². The molecule has 1 aliphatic rings. The van der Waals surface area contributed by atoms with E-state index in [0.29, 0.717) is 27.0 Å². The maximum absolute atomic E-state index is 13.4. The molecule has 2 heterocycles. The summed E-state index contributed by atoms with van der Waals surface area (Å²) in [5.74, 6) is -0.461. The van der Waals surface area contributed by atoms with Crippen LogP contribution in [0.4, 0.5) is 0 Å². The Hall–Kier alpha value is -3.25. The van der Waals surface area contributed by atoms with E-state index in [1.165, 1.54) is 18.4 Å². The number of hydrogen-bond donors (Lipinski definition) is 0. The number of aromatic nitrogens is 1. The summed E-state index contributed by atoms with van der Waals surface area (Å²) in [5.41, 5.74) is 3.86. The molecule has 1 aromatic heterocycles. The van der Waals surface area contributed by atoms with Crippen LogP contribution in [0.25, 0.3) is 6.08 Å². The highest BCUT2D eigenvalue weighted by molar-refractivity contribution is 7.07. The van der Waals surface area contributed by atoms with Crippen LogP contribution >= 0.6 is 11.3 Å². The molecule has 3 aromatic rings. The van der Waals surface area contributed by atoms with Crippen molar-refractivity contribution in [2.75, 3.05) is 7.11 Å². The average molecular weight is 419 g/mol. The van der Waals surface area contributed by atoms with E-state index in [0.717, 1.165) is 16.7 Å². The molecule has 2 aromatic carbocycles. The third-order valence-corrected chi connectivity index (χ3v) is 6.12. The molecule has 0 aliphatic carbocycles. The minimum absolute atomic E-state index is 0.162. The van der Waals surface area contributed by atoms with Crippen LogP contribution < -0.4 is 14.9 Å². The number of fused-ring (bicyclic) bond motifs is 1. The summed E-state index contributed by atoms with van der Waals surface area (Å²) < 4.78 is 7.27. The van der Waals surface area contributed by atoms with Crippen LogP contribution in [0.2, 0.25) is 0 Å². The second-order valence-electron chi connectivity index (χ2n) is 7.11. The summed E-state index contributed by atoms with van der Waals surface area (Å²) in [6.07, 6.45) is 2.44. The Morgan fingerprint density at radius 2 is 1.87 bits per heavy atom. The van der Waals surface area contributed by atoms with Crippen LogP contribution in [0.15, 0.2) is 75.7 Å². The molecule has 0 unspecified atom stereocenters. The lowest BCUT2D eigenvalue weighted by atomic mass is 9.95. The van der Waals surface area contributed by atoms with Crippen LogP contribution in [0.5, 0.6) is 0 Å². The van der Waals surface area contributed by atoms with Crippen LogP contribution in [0, 0.1) is 6.92 Å². The van der Waals surface area contributed by atoms with Gasteiger partial charge in [-0.15, -0.1) is 0 Å². The Labute approximate surface area is 178 Å². The number of thiazole rings is 1. The number of allylic oxidation sites excluding steroid dienone is 1. The fourth-order valence-electron chi connectivity index (χ4n) is 3.63. The van der Waals surface area contributed by atoms with Gasteiger partial charge in [0.1, 0.15) is 0 Å². The van der Waals surface area contributed by atoms with Gasteiger partial charge in [-0.3, -0.25) is 9.36 Å². The highest BCUT2D eigenvalue weighted by Crippen LogP contribution is 2.31. The van der Waals surface area contributed by atoms with Gasteiger partial charge in [-0.05, 0) is 30.5 Å². The minimum atomic E-state index is -0.565. The molecule has 0 bridgehead atoms. The number of ether oxygens (including phenoxy) is 1. The van der Waals surface area contributed by atoms with Crippen LogP contribution in [0.3, 0.4) is 0 Å². The first-order valence-electron chi connectivity index (χ1n) is 9.78. The summed E-state index contributed by atoms with van der Waals surface area (Å²) in [7, 11) is 1.35. The summed E-state index contributed by atoms with van der Waals surface area (Å²) in [6, 6.07) is 17.0. The van der Waals surface area contributed by atoms with Gasteiger partial charge in [0.15, 0.2) is 4.80 Å². The number of esters is 1. The SMILES string of the molecule is CCC1=C(C(=O)OC)[C@@H](c2ccccc2)n2c(s/c(=C\c3ccc(C)cc3)c2=O)=N1. The van der Waals surface area contributed by atoms with Crippen molar-refractivity contribution in [3.05, 3.63) is 102 Å². The molecule has 0 N–H and O–H groups in total. The maximum Gasteiger partial charge on any atom is 0.338 e. The number of rotatable bonds is 4. The fourth-order valence-corrected chi connectivity index (χ4v) is 4.65. The van der Waals surface area contributed by atoms with Gasteiger partial charge < -0.3 is 4.74 Å². The predicted octanol–water partition coefficient (Wildman–Crippen LogP) is 3.11. The quantitative estimate of drug-likeness (QED) is 0.612. The van der Waals surface area contributed by atoms with Crippen molar-refractivity contribution in [2.24, 2.45) is 4.99 Å². The average Bonchev–Trinajstić information content (AvgIpc) is 3.08. The highest BCUT2D eigenvalue weighted by atomic mass is 32.1. The first-order chi connectivity index (χ1) is 14.5. The molecule has 0 fully saturated rings. The molecule has 5 nitrogen and oxygen atoms in total. The Morgan fingerprint density at radius 1 is 1.17 bits per heavy atom. The standard InChI is InChI=1S/C24H22N2O3S/c1-4-18-20(23(28)29-3)21(17-8-6-5-7-9-17)26-22(27)19(30-24(26)25-18)14-16-12-10-15(2)11-13-16/h5-14,21H,4H2,1-3H3/b19-14-/t21-/m1/s1. The lowest BCUT2D eigenvalue weighted by Crippen LogP contribution is -2.40. The number of nitrogens with zero attached hydrogens (tertiary/aromatic N) is 2. The van der Waals surface area contributed by atoms with Gasteiger partial charge in [-0.1, -0.05) is 78.4 Å². The van der Waals surface area contributed by atoms with Gasteiger partial charge in [-0.2, -0.15) is 0 Å². The molecule has 0 saturated heterocycles. The zero-order chi connectivity index (χ0) is 21.3. The van der Waals surface area contributed by atoms with Gasteiger partial charge >= 0.3 is 5.97 Å². The molecule has 6 heteroatoms. The second kappa shape index (κ2) is 8.24. The van der Waals surface area contributed by atoms with Gasteiger partial charge in [0.05, 0.1) is 29.0 Å². The Bertz CT molecular complexity index is 1300. The van der Waals surface area contributed by atoms with E-state index in [4.69, 9.17) is 4.74 Å². The first-order valence-corrected chi connectivity index (χ1v) is 10.6. The zero-order valence-electron chi connectivity index (χ0n) is 17.1. The number of benzene rings is 2. The summed E-state index contributed by atoms with van der Waals surface area (Å²) >= 11 is 1.34. The molecule has 0 spiro atoms. The Balaban J connectivity index is 1.99. The topological polar surface area (TPSA) is 60.7 Å². The molecule has 152 valence electrons. The lowest BCUT2D eigenvalue weighted by molar-refractivity contribution is -0.136. The largest absolute Gasteiger partial charge is 0.466 e. The van der Waals surface area contributed by atoms with E-state index in [9.17, 15) is 9.59 Å². The zero-order valence-corrected chi connectivity index (χ0v) is 17.9. The summed E-state index contributed by atoms with van der Waals surface area (Å²) in [5, 5.41) is 0. The Morgan fingerprint density at radius 3 is 2.50 bits per heavy atom. The maximum atomic E-state index is 13.4. The number of carbonyl (C=O) groups is 1. The Kier molecular flexibility index (Phi) is 5.50. The van der Waals surface area contributed by atoms with Crippen molar-refractivity contribution in [1.82, 2.24) is 4.57 Å². The third kappa shape index (κ3) is 3.55. The van der Waals surface area contributed by atoms with Crippen molar-refractivity contribution < 1.29 is 9.53 Å². The minimum Gasteiger partial charge on any atom is -0.466 e. The van der Waals surface area contributed by atoms with Gasteiger partial charge in [0.25, 0.3) is 5.56 Å². The molecule has 0 radical (unpaired) electrons.